The first kappa shape index (κ1) is 16.0. The Bertz CT molecular complexity index is 573. The summed E-state index contributed by atoms with van der Waals surface area (Å²) in [5, 5.41) is 0. The van der Waals surface area contributed by atoms with Crippen LogP contribution in [0, 0.1) is 5.82 Å². The lowest BCUT2D eigenvalue weighted by atomic mass is 9.94. The van der Waals surface area contributed by atoms with Crippen molar-refractivity contribution in [1.29, 1.82) is 0 Å². The number of halogens is 1. The molecule has 4 nitrogen and oxygen atoms in total. The van der Waals surface area contributed by atoms with Crippen LogP contribution >= 0.6 is 0 Å². The van der Waals surface area contributed by atoms with Crippen LogP contribution in [-0.2, 0) is 9.59 Å². The fourth-order valence-corrected chi connectivity index (χ4v) is 3.37. The minimum Gasteiger partial charge on any atom is -0.342 e. The van der Waals surface area contributed by atoms with Gasteiger partial charge >= 0.3 is 0 Å². The predicted octanol–water partition coefficient (Wildman–Crippen LogP) is 2.89. The highest BCUT2D eigenvalue weighted by Crippen LogP contribution is 2.33. The maximum absolute atomic E-state index is 13.0. The van der Waals surface area contributed by atoms with Crippen LogP contribution in [0.1, 0.15) is 50.1 Å². The van der Waals surface area contributed by atoms with E-state index < -0.39 is 0 Å². The number of carbonyl (C=O) groups excluding carboxylic acids is 2. The summed E-state index contributed by atoms with van der Waals surface area (Å²) in [4.78, 5) is 28.1. The summed E-state index contributed by atoms with van der Waals surface area (Å²) < 4.78 is 13.0. The lowest BCUT2D eigenvalue weighted by Crippen LogP contribution is -2.46. The summed E-state index contributed by atoms with van der Waals surface area (Å²) in [6.45, 7) is 2.03. The number of benzene rings is 1. The van der Waals surface area contributed by atoms with E-state index in [1.165, 1.54) is 12.1 Å². The molecule has 0 aliphatic carbocycles. The average Bonchev–Trinajstić information content (AvgIpc) is 2.71. The number of rotatable bonds is 4. The number of hydrogen-bond donors (Lipinski definition) is 0. The summed E-state index contributed by atoms with van der Waals surface area (Å²) in [7, 11) is 0. The van der Waals surface area contributed by atoms with Gasteiger partial charge in [-0.1, -0.05) is 18.6 Å². The number of hydrogen-bond acceptors (Lipinski definition) is 2. The standard InChI is InChI=1S/C18H23FN2O2/c19-15-7-5-14(6-8-15)16-9-13-21(16)18(23)10-12-20-11-3-1-2-4-17(20)22/h5-8,16H,1-4,9-13H2. The van der Waals surface area contributed by atoms with Gasteiger partial charge in [-0.2, -0.15) is 0 Å². The average molecular weight is 318 g/mol. The van der Waals surface area contributed by atoms with Gasteiger partial charge < -0.3 is 9.80 Å². The van der Waals surface area contributed by atoms with Crippen molar-refractivity contribution < 1.29 is 14.0 Å². The largest absolute Gasteiger partial charge is 0.342 e. The first-order valence-electron chi connectivity index (χ1n) is 8.48. The molecule has 23 heavy (non-hydrogen) atoms. The number of amides is 2. The molecule has 124 valence electrons. The van der Waals surface area contributed by atoms with Gasteiger partial charge in [-0.3, -0.25) is 9.59 Å². The van der Waals surface area contributed by atoms with Gasteiger partial charge in [0.1, 0.15) is 5.82 Å². The maximum atomic E-state index is 13.0. The lowest BCUT2D eigenvalue weighted by molar-refractivity contribution is -0.140. The molecule has 1 unspecified atom stereocenters. The van der Waals surface area contributed by atoms with Crippen molar-refractivity contribution >= 4 is 11.8 Å². The maximum Gasteiger partial charge on any atom is 0.224 e. The Labute approximate surface area is 136 Å². The lowest BCUT2D eigenvalue weighted by Gasteiger charge is -2.41. The molecule has 0 N–H and O–H groups in total. The van der Waals surface area contributed by atoms with Crippen LogP contribution in [0.2, 0.25) is 0 Å². The van der Waals surface area contributed by atoms with Gasteiger partial charge in [0.05, 0.1) is 6.04 Å². The Hall–Kier alpha value is -1.91. The molecule has 2 amide bonds. The second-order valence-corrected chi connectivity index (χ2v) is 6.38. The molecular weight excluding hydrogens is 295 g/mol. The highest BCUT2D eigenvalue weighted by atomic mass is 19.1. The molecule has 0 bridgehead atoms. The number of nitrogens with zero attached hydrogens (tertiary/aromatic N) is 2. The topological polar surface area (TPSA) is 40.6 Å². The van der Waals surface area contributed by atoms with Crippen molar-refractivity contribution in [2.24, 2.45) is 0 Å². The Morgan fingerprint density at radius 3 is 2.61 bits per heavy atom. The van der Waals surface area contributed by atoms with E-state index in [9.17, 15) is 14.0 Å². The highest BCUT2D eigenvalue weighted by Gasteiger charge is 2.33. The minimum atomic E-state index is -0.259. The molecule has 0 radical (unpaired) electrons. The quantitative estimate of drug-likeness (QED) is 0.856. The fourth-order valence-electron chi connectivity index (χ4n) is 3.37. The molecule has 1 aromatic carbocycles. The van der Waals surface area contributed by atoms with E-state index in [1.54, 1.807) is 12.1 Å². The number of carbonyl (C=O) groups is 2. The van der Waals surface area contributed by atoms with Crippen molar-refractivity contribution in [2.75, 3.05) is 19.6 Å². The van der Waals surface area contributed by atoms with E-state index in [-0.39, 0.29) is 23.7 Å². The van der Waals surface area contributed by atoms with Gasteiger partial charge in [0.2, 0.25) is 11.8 Å². The second-order valence-electron chi connectivity index (χ2n) is 6.38. The van der Waals surface area contributed by atoms with Crippen molar-refractivity contribution in [3.8, 4) is 0 Å². The van der Waals surface area contributed by atoms with Gasteiger partial charge in [0.15, 0.2) is 0 Å². The Kier molecular flexibility index (Phi) is 4.94. The van der Waals surface area contributed by atoms with E-state index >= 15 is 0 Å². The highest BCUT2D eigenvalue weighted by molar-refractivity contribution is 5.80. The van der Waals surface area contributed by atoms with Crippen LogP contribution in [0.25, 0.3) is 0 Å². The van der Waals surface area contributed by atoms with Crippen molar-refractivity contribution in [2.45, 2.75) is 44.6 Å². The molecule has 3 rings (SSSR count). The minimum absolute atomic E-state index is 0.0583. The smallest absolute Gasteiger partial charge is 0.224 e. The molecule has 1 aromatic rings. The number of likely N-dealkylation sites (tertiary alicyclic amines) is 2. The zero-order valence-electron chi connectivity index (χ0n) is 13.3. The summed E-state index contributed by atoms with van der Waals surface area (Å²) >= 11 is 0. The Balaban J connectivity index is 1.54. The van der Waals surface area contributed by atoms with E-state index in [2.05, 4.69) is 0 Å². The molecule has 0 aromatic heterocycles. The van der Waals surface area contributed by atoms with E-state index in [4.69, 9.17) is 0 Å². The third-order valence-corrected chi connectivity index (χ3v) is 4.86. The molecule has 5 heteroatoms. The normalized spacial score (nSPS) is 21.8. The van der Waals surface area contributed by atoms with Crippen LogP contribution in [-0.4, -0.2) is 41.2 Å². The zero-order valence-corrected chi connectivity index (χ0v) is 13.3. The second kappa shape index (κ2) is 7.11. The van der Waals surface area contributed by atoms with E-state index in [0.29, 0.717) is 19.4 Å². The van der Waals surface area contributed by atoms with Crippen molar-refractivity contribution in [1.82, 2.24) is 9.80 Å². The summed E-state index contributed by atoms with van der Waals surface area (Å²) in [6, 6.07) is 6.43. The van der Waals surface area contributed by atoms with Crippen LogP contribution in [0.3, 0.4) is 0 Å². The van der Waals surface area contributed by atoms with Crippen LogP contribution in [0.5, 0.6) is 0 Å². The third kappa shape index (κ3) is 3.71. The van der Waals surface area contributed by atoms with Gasteiger partial charge in [0.25, 0.3) is 0 Å². The van der Waals surface area contributed by atoms with Crippen molar-refractivity contribution in [3.05, 3.63) is 35.6 Å². The molecule has 2 saturated heterocycles. The van der Waals surface area contributed by atoms with Gasteiger partial charge in [-0.15, -0.1) is 0 Å². The van der Waals surface area contributed by atoms with Crippen LogP contribution in [0.4, 0.5) is 4.39 Å². The SMILES string of the molecule is O=C1CCCCCN1CCC(=O)N1CCC1c1ccc(F)cc1. The van der Waals surface area contributed by atoms with Crippen molar-refractivity contribution in [3.63, 3.8) is 0 Å². The van der Waals surface area contributed by atoms with Gasteiger partial charge in [-0.25, -0.2) is 4.39 Å². The summed E-state index contributed by atoms with van der Waals surface area (Å²) in [5.41, 5.74) is 0.983. The molecule has 0 spiro atoms. The third-order valence-electron chi connectivity index (χ3n) is 4.86. The summed E-state index contributed by atoms with van der Waals surface area (Å²) in [6.07, 6.45) is 4.98. The first-order valence-corrected chi connectivity index (χ1v) is 8.48. The Morgan fingerprint density at radius 2 is 1.91 bits per heavy atom. The van der Waals surface area contributed by atoms with Crippen LogP contribution < -0.4 is 0 Å². The zero-order chi connectivity index (χ0) is 16.2. The molecule has 2 fully saturated rings. The molecule has 0 saturated carbocycles. The van der Waals surface area contributed by atoms with Gasteiger partial charge in [-0.05, 0) is 37.0 Å². The van der Waals surface area contributed by atoms with E-state index in [0.717, 1.165) is 44.3 Å². The van der Waals surface area contributed by atoms with E-state index in [1.807, 2.05) is 9.80 Å². The Morgan fingerprint density at radius 1 is 1.13 bits per heavy atom. The monoisotopic (exact) mass is 318 g/mol. The fraction of sp³-hybridized carbons (Fsp3) is 0.556. The molecular formula is C18H23FN2O2. The van der Waals surface area contributed by atoms with Gasteiger partial charge in [0, 0.05) is 32.5 Å². The predicted molar refractivity (Wildman–Crippen MR) is 85.1 cm³/mol. The molecule has 2 aliphatic heterocycles. The molecule has 2 heterocycles. The molecule has 2 aliphatic rings. The van der Waals surface area contributed by atoms with Crippen LogP contribution in [0.15, 0.2) is 24.3 Å². The summed E-state index contributed by atoms with van der Waals surface area (Å²) in [5.74, 6) is 0.00208. The first-order chi connectivity index (χ1) is 11.1. The molecule has 1 atom stereocenters.